The lowest BCUT2D eigenvalue weighted by atomic mass is 9.86. The Bertz CT molecular complexity index is 989. The van der Waals surface area contributed by atoms with Crippen LogP contribution in [0.5, 0.6) is 0 Å². The predicted molar refractivity (Wildman–Crippen MR) is 103 cm³/mol. The summed E-state index contributed by atoms with van der Waals surface area (Å²) in [4.78, 5) is 52.4. The third kappa shape index (κ3) is 2.39. The molecular formula is C21H21N3O4. The highest BCUT2D eigenvalue weighted by atomic mass is 16.2. The van der Waals surface area contributed by atoms with Crippen LogP contribution in [0, 0.1) is 0 Å². The molecule has 2 aromatic rings. The number of imide groups is 2. The van der Waals surface area contributed by atoms with Crippen LogP contribution in [-0.2, 0) is 0 Å². The van der Waals surface area contributed by atoms with Crippen LogP contribution in [0.25, 0.3) is 10.8 Å². The summed E-state index contributed by atoms with van der Waals surface area (Å²) in [6.07, 6.45) is 3.77. The van der Waals surface area contributed by atoms with Gasteiger partial charge in [-0.3, -0.25) is 24.1 Å². The molecule has 7 heteroatoms. The normalized spacial score (nSPS) is 17.0. The van der Waals surface area contributed by atoms with Crippen molar-refractivity contribution in [2.24, 2.45) is 5.84 Å². The Kier molecular flexibility index (Phi) is 4.27. The van der Waals surface area contributed by atoms with Gasteiger partial charge in [0.25, 0.3) is 23.6 Å². The molecule has 2 aromatic carbocycles. The number of hydrogen-bond acceptors (Lipinski definition) is 5. The molecule has 1 unspecified atom stereocenters. The van der Waals surface area contributed by atoms with Gasteiger partial charge < -0.3 is 0 Å². The van der Waals surface area contributed by atoms with E-state index in [4.69, 9.17) is 5.84 Å². The summed E-state index contributed by atoms with van der Waals surface area (Å²) in [7, 11) is 0. The first-order chi connectivity index (χ1) is 13.4. The highest BCUT2D eigenvalue weighted by Crippen LogP contribution is 2.37. The molecule has 2 N–H and O–H groups in total. The van der Waals surface area contributed by atoms with Crippen LogP contribution in [-0.4, -0.2) is 39.6 Å². The summed E-state index contributed by atoms with van der Waals surface area (Å²) in [6.45, 7) is 3.97. The number of unbranched alkanes of at least 4 members (excludes halogenated alkanes) is 2. The van der Waals surface area contributed by atoms with Crippen LogP contribution in [0.2, 0.25) is 0 Å². The maximum atomic E-state index is 13.1. The molecule has 0 aromatic heterocycles. The molecule has 0 bridgehead atoms. The molecule has 0 spiro atoms. The third-order valence-corrected chi connectivity index (χ3v) is 5.62. The summed E-state index contributed by atoms with van der Waals surface area (Å²) >= 11 is 0. The molecule has 0 radical (unpaired) electrons. The number of benzene rings is 2. The molecule has 144 valence electrons. The molecule has 7 nitrogen and oxygen atoms in total. The molecule has 0 saturated heterocycles. The van der Waals surface area contributed by atoms with Gasteiger partial charge in [0, 0.05) is 27.9 Å². The molecule has 4 rings (SSSR count). The fourth-order valence-corrected chi connectivity index (χ4v) is 4.13. The van der Waals surface area contributed by atoms with E-state index >= 15 is 0 Å². The smallest absolute Gasteiger partial charge is 0.272 e. The second kappa shape index (κ2) is 6.53. The standard InChI is InChI=1S/C21H21N3O4/c1-3-4-5-6-11(2)23-18(25)12-7-9-14-17-15(21(28)24(22)20(14)27)10-8-13(16(12)17)19(23)26/h7-11H,3-6,22H2,1-2H3. The van der Waals surface area contributed by atoms with Crippen molar-refractivity contribution in [2.45, 2.75) is 45.6 Å². The minimum Gasteiger partial charge on any atom is -0.272 e. The van der Waals surface area contributed by atoms with E-state index in [1.54, 1.807) is 12.1 Å². The van der Waals surface area contributed by atoms with Crippen molar-refractivity contribution in [3.63, 3.8) is 0 Å². The van der Waals surface area contributed by atoms with E-state index < -0.39 is 11.8 Å². The fourth-order valence-electron chi connectivity index (χ4n) is 4.13. The second-order valence-corrected chi connectivity index (χ2v) is 7.38. The molecule has 2 aliphatic heterocycles. The zero-order valence-electron chi connectivity index (χ0n) is 15.8. The third-order valence-electron chi connectivity index (χ3n) is 5.62. The van der Waals surface area contributed by atoms with E-state index in [1.807, 2.05) is 6.92 Å². The van der Waals surface area contributed by atoms with Gasteiger partial charge in [-0.05, 0) is 37.6 Å². The van der Waals surface area contributed by atoms with Crippen LogP contribution in [0.4, 0.5) is 0 Å². The SMILES string of the molecule is CCCCCC(C)N1C(=O)c2ccc3c4c(ccc(c24)C1=O)C(=O)N(N)C3=O. The fraction of sp³-hybridized carbons (Fsp3) is 0.333. The molecular weight excluding hydrogens is 358 g/mol. The van der Waals surface area contributed by atoms with Crippen molar-refractivity contribution in [3.05, 3.63) is 46.5 Å². The van der Waals surface area contributed by atoms with E-state index in [0.29, 0.717) is 26.9 Å². The minimum absolute atomic E-state index is 0.225. The number of carbonyl (C=O) groups is 4. The van der Waals surface area contributed by atoms with Crippen molar-refractivity contribution >= 4 is 34.4 Å². The van der Waals surface area contributed by atoms with Crippen molar-refractivity contribution in [1.29, 1.82) is 0 Å². The Hall–Kier alpha value is -3.06. The Morgan fingerprint density at radius 2 is 1.21 bits per heavy atom. The number of carbonyl (C=O) groups excluding carboxylic acids is 4. The highest BCUT2D eigenvalue weighted by Gasteiger charge is 2.40. The Morgan fingerprint density at radius 1 is 0.786 bits per heavy atom. The molecule has 28 heavy (non-hydrogen) atoms. The van der Waals surface area contributed by atoms with Gasteiger partial charge >= 0.3 is 0 Å². The monoisotopic (exact) mass is 379 g/mol. The minimum atomic E-state index is -0.642. The molecule has 4 amide bonds. The Balaban J connectivity index is 1.88. The number of nitrogens with two attached hydrogens (primary N) is 1. The Morgan fingerprint density at radius 3 is 1.64 bits per heavy atom. The first kappa shape index (κ1) is 18.3. The number of hydrogen-bond donors (Lipinski definition) is 1. The van der Waals surface area contributed by atoms with E-state index in [0.717, 1.165) is 25.7 Å². The van der Waals surface area contributed by atoms with Gasteiger partial charge in [0.05, 0.1) is 11.1 Å². The summed E-state index contributed by atoms with van der Waals surface area (Å²) in [5, 5.41) is 1.28. The van der Waals surface area contributed by atoms with E-state index in [2.05, 4.69) is 6.92 Å². The van der Waals surface area contributed by atoms with Crippen LogP contribution < -0.4 is 5.84 Å². The molecule has 0 saturated carbocycles. The van der Waals surface area contributed by atoms with Crippen LogP contribution in [0.15, 0.2) is 24.3 Å². The van der Waals surface area contributed by atoms with Gasteiger partial charge in [-0.15, -0.1) is 0 Å². The van der Waals surface area contributed by atoms with Gasteiger partial charge in [0.1, 0.15) is 0 Å². The average Bonchev–Trinajstić information content (AvgIpc) is 2.69. The van der Waals surface area contributed by atoms with Crippen LogP contribution in [0.3, 0.4) is 0 Å². The van der Waals surface area contributed by atoms with Crippen LogP contribution >= 0.6 is 0 Å². The first-order valence-corrected chi connectivity index (χ1v) is 9.49. The van der Waals surface area contributed by atoms with Gasteiger partial charge in [0.2, 0.25) is 0 Å². The van der Waals surface area contributed by atoms with Gasteiger partial charge in [-0.2, -0.15) is 0 Å². The van der Waals surface area contributed by atoms with Crippen molar-refractivity contribution in [2.75, 3.05) is 0 Å². The largest absolute Gasteiger partial charge is 0.275 e. The lowest BCUT2D eigenvalue weighted by Gasteiger charge is -2.33. The van der Waals surface area contributed by atoms with E-state index in [1.165, 1.54) is 17.0 Å². The van der Waals surface area contributed by atoms with Crippen molar-refractivity contribution < 1.29 is 19.2 Å². The predicted octanol–water partition coefficient (Wildman–Crippen LogP) is 2.87. The van der Waals surface area contributed by atoms with E-state index in [9.17, 15) is 19.2 Å². The van der Waals surface area contributed by atoms with Crippen molar-refractivity contribution in [1.82, 2.24) is 9.91 Å². The molecule has 0 fully saturated rings. The number of hydrazine groups is 1. The topological polar surface area (TPSA) is 101 Å². The zero-order chi connectivity index (χ0) is 20.2. The number of nitrogens with zero attached hydrogens (tertiary/aromatic N) is 2. The molecule has 2 heterocycles. The zero-order valence-corrected chi connectivity index (χ0v) is 15.8. The molecule has 2 aliphatic rings. The summed E-state index contributed by atoms with van der Waals surface area (Å²) in [5.41, 5.74) is 1.12. The van der Waals surface area contributed by atoms with Gasteiger partial charge in [-0.25, -0.2) is 10.9 Å². The maximum absolute atomic E-state index is 13.1. The summed E-state index contributed by atoms with van der Waals surface area (Å²) in [6, 6.07) is 5.88. The number of amides is 4. The van der Waals surface area contributed by atoms with Gasteiger partial charge in [-0.1, -0.05) is 26.2 Å². The maximum Gasteiger partial charge on any atom is 0.275 e. The quantitative estimate of drug-likeness (QED) is 0.373. The van der Waals surface area contributed by atoms with E-state index in [-0.39, 0.29) is 29.0 Å². The second-order valence-electron chi connectivity index (χ2n) is 7.38. The Labute approximate surface area is 162 Å². The van der Waals surface area contributed by atoms with Crippen molar-refractivity contribution in [3.8, 4) is 0 Å². The highest BCUT2D eigenvalue weighted by molar-refractivity contribution is 6.33. The summed E-state index contributed by atoms with van der Waals surface area (Å²) in [5.74, 6) is 3.54. The van der Waals surface area contributed by atoms with Crippen LogP contribution in [0.1, 0.15) is 81.0 Å². The van der Waals surface area contributed by atoms with Gasteiger partial charge in [0.15, 0.2) is 0 Å². The summed E-state index contributed by atoms with van der Waals surface area (Å²) < 4.78 is 0. The first-order valence-electron chi connectivity index (χ1n) is 9.49. The molecule has 0 aliphatic carbocycles. The number of rotatable bonds is 5. The lowest BCUT2D eigenvalue weighted by Crippen LogP contribution is -2.48. The molecule has 1 atom stereocenters. The lowest BCUT2D eigenvalue weighted by molar-refractivity contribution is 0.0536. The average molecular weight is 379 g/mol.